The maximum atomic E-state index is 11.9. The van der Waals surface area contributed by atoms with E-state index in [1.165, 1.54) is 5.56 Å². The third-order valence-electron chi connectivity index (χ3n) is 3.90. The number of amides is 1. The zero-order valence-electron chi connectivity index (χ0n) is 13.6. The number of benzene rings is 2. The Bertz CT molecular complexity index is 849. The summed E-state index contributed by atoms with van der Waals surface area (Å²) in [6.45, 7) is 2.69. The van der Waals surface area contributed by atoms with Crippen molar-refractivity contribution in [1.82, 2.24) is 15.0 Å². The first-order chi connectivity index (χ1) is 11.8. The lowest BCUT2D eigenvalue weighted by Gasteiger charge is -2.03. The Balaban J connectivity index is 1.51. The molecule has 3 aromatic rings. The number of hydrogen-bond donors (Lipinski definition) is 1. The number of carbonyl (C=O) groups excluding carboxylic acids is 1. The molecule has 5 nitrogen and oxygen atoms in total. The smallest absolute Gasteiger partial charge is 0.241 e. The predicted molar refractivity (Wildman–Crippen MR) is 95.9 cm³/mol. The molecule has 3 rings (SSSR count). The maximum absolute atomic E-state index is 11.9. The van der Waals surface area contributed by atoms with Crippen LogP contribution in [0.5, 0.6) is 0 Å². The van der Waals surface area contributed by atoms with E-state index in [2.05, 4.69) is 34.6 Å². The van der Waals surface area contributed by atoms with E-state index in [4.69, 9.17) is 0 Å². The van der Waals surface area contributed by atoms with Gasteiger partial charge < -0.3 is 4.57 Å². The van der Waals surface area contributed by atoms with Gasteiger partial charge in [-0.25, -0.2) is 10.4 Å². The standard InChI is InChI=1S/C19H20N4O/c1-2-15-7-9-16(10-8-15)13-21-22-19(24)11-12-23-14-20-17-5-3-4-6-18(17)23/h3-10,13-14H,2,11-12H2,1H3,(H,22,24)/b21-13+. The van der Waals surface area contributed by atoms with Crippen molar-refractivity contribution in [2.75, 3.05) is 0 Å². The Hall–Kier alpha value is -2.95. The lowest BCUT2D eigenvalue weighted by molar-refractivity contribution is -0.121. The topological polar surface area (TPSA) is 59.3 Å². The molecular weight excluding hydrogens is 300 g/mol. The number of aromatic nitrogens is 2. The number of para-hydroxylation sites is 2. The lowest BCUT2D eigenvalue weighted by Crippen LogP contribution is -2.19. The van der Waals surface area contributed by atoms with E-state index in [-0.39, 0.29) is 5.91 Å². The molecule has 0 aliphatic carbocycles. The fourth-order valence-corrected chi connectivity index (χ4v) is 2.48. The van der Waals surface area contributed by atoms with Gasteiger partial charge in [0.1, 0.15) is 0 Å². The average molecular weight is 320 g/mol. The number of imidazole rings is 1. The third kappa shape index (κ3) is 3.87. The van der Waals surface area contributed by atoms with E-state index in [9.17, 15) is 4.79 Å². The molecule has 122 valence electrons. The summed E-state index contributed by atoms with van der Waals surface area (Å²) in [7, 11) is 0. The number of nitrogens with zero attached hydrogens (tertiary/aromatic N) is 3. The summed E-state index contributed by atoms with van der Waals surface area (Å²) in [5.41, 5.74) is 6.78. The van der Waals surface area contributed by atoms with Gasteiger partial charge in [-0.1, -0.05) is 43.3 Å². The number of carbonyl (C=O) groups is 1. The minimum atomic E-state index is -0.116. The second-order valence-corrected chi connectivity index (χ2v) is 5.56. The second kappa shape index (κ2) is 7.55. The quantitative estimate of drug-likeness (QED) is 0.560. The molecule has 1 N–H and O–H groups in total. The minimum Gasteiger partial charge on any atom is -0.330 e. The third-order valence-corrected chi connectivity index (χ3v) is 3.90. The van der Waals surface area contributed by atoms with Crippen molar-refractivity contribution in [2.24, 2.45) is 5.10 Å². The maximum Gasteiger partial charge on any atom is 0.241 e. The zero-order valence-corrected chi connectivity index (χ0v) is 13.6. The molecule has 0 atom stereocenters. The number of fused-ring (bicyclic) bond motifs is 1. The second-order valence-electron chi connectivity index (χ2n) is 5.56. The summed E-state index contributed by atoms with van der Waals surface area (Å²) < 4.78 is 1.97. The molecule has 0 unspecified atom stereocenters. The van der Waals surface area contributed by atoms with E-state index in [1.54, 1.807) is 12.5 Å². The van der Waals surface area contributed by atoms with Crippen LogP contribution in [0, 0.1) is 0 Å². The average Bonchev–Trinajstić information content (AvgIpc) is 3.04. The van der Waals surface area contributed by atoms with E-state index < -0.39 is 0 Å². The Morgan fingerprint density at radius 3 is 2.79 bits per heavy atom. The van der Waals surface area contributed by atoms with Crippen molar-refractivity contribution in [1.29, 1.82) is 0 Å². The molecule has 2 aromatic carbocycles. The Labute approximate surface area is 141 Å². The van der Waals surface area contributed by atoms with Gasteiger partial charge in [-0.3, -0.25) is 4.79 Å². The van der Waals surface area contributed by atoms with Crippen molar-refractivity contribution >= 4 is 23.2 Å². The minimum absolute atomic E-state index is 0.116. The van der Waals surface area contributed by atoms with Crippen LogP contribution >= 0.6 is 0 Å². The molecule has 0 bridgehead atoms. The molecule has 0 radical (unpaired) electrons. The fraction of sp³-hybridized carbons (Fsp3) is 0.211. The molecule has 1 heterocycles. The Kier molecular flexibility index (Phi) is 5.01. The SMILES string of the molecule is CCc1ccc(/C=N/NC(=O)CCn2cnc3ccccc32)cc1. The largest absolute Gasteiger partial charge is 0.330 e. The van der Waals surface area contributed by atoms with E-state index >= 15 is 0 Å². The first-order valence-electron chi connectivity index (χ1n) is 8.07. The number of hydrazone groups is 1. The van der Waals surface area contributed by atoms with Crippen molar-refractivity contribution < 1.29 is 4.79 Å². The fourth-order valence-electron chi connectivity index (χ4n) is 2.48. The highest BCUT2D eigenvalue weighted by molar-refractivity contribution is 5.82. The van der Waals surface area contributed by atoms with Crippen molar-refractivity contribution in [3.8, 4) is 0 Å². The van der Waals surface area contributed by atoms with Gasteiger partial charge in [0.05, 0.1) is 23.6 Å². The van der Waals surface area contributed by atoms with Crippen molar-refractivity contribution in [3.05, 3.63) is 66.0 Å². The van der Waals surface area contributed by atoms with Gasteiger partial charge in [0, 0.05) is 13.0 Å². The highest BCUT2D eigenvalue weighted by atomic mass is 16.2. The normalized spacial score (nSPS) is 11.2. The predicted octanol–water partition coefficient (Wildman–Crippen LogP) is 3.14. The van der Waals surface area contributed by atoms with Gasteiger partial charge in [0.2, 0.25) is 5.91 Å². The van der Waals surface area contributed by atoms with E-state index in [0.29, 0.717) is 13.0 Å². The molecule has 0 aliphatic heterocycles. The summed E-state index contributed by atoms with van der Waals surface area (Å²) in [6.07, 6.45) is 4.78. The first-order valence-corrected chi connectivity index (χ1v) is 8.07. The van der Waals surface area contributed by atoms with Crippen LogP contribution in [0.4, 0.5) is 0 Å². The highest BCUT2D eigenvalue weighted by Gasteiger charge is 2.04. The summed E-state index contributed by atoms with van der Waals surface area (Å²) >= 11 is 0. The van der Waals surface area contributed by atoms with Crippen molar-refractivity contribution in [3.63, 3.8) is 0 Å². The van der Waals surface area contributed by atoms with Gasteiger partial charge in [-0.2, -0.15) is 5.10 Å². The van der Waals surface area contributed by atoms with E-state index in [0.717, 1.165) is 23.0 Å². The van der Waals surface area contributed by atoms with Crippen LogP contribution in [0.15, 0.2) is 60.0 Å². The van der Waals surface area contributed by atoms with Gasteiger partial charge in [0.25, 0.3) is 0 Å². The van der Waals surface area contributed by atoms with Crippen LogP contribution in [-0.2, 0) is 17.8 Å². The van der Waals surface area contributed by atoms with Crippen LogP contribution in [0.2, 0.25) is 0 Å². The molecule has 0 fully saturated rings. The van der Waals surface area contributed by atoms with Crippen LogP contribution < -0.4 is 5.43 Å². The highest BCUT2D eigenvalue weighted by Crippen LogP contribution is 2.12. The van der Waals surface area contributed by atoms with Crippen molar-refractivity contribution in [2.45, 2.75) is 26.3 Å². The summed E-state index contributed by atoms with van der Waals surface area (Å²) in [6, 6.07) is 16.0. The van der Waals surface area contributed by atoms with Crippen LogP contribution in [0.1, 0.15) is 24.5 Å². The summed E-state index contributed by atoms with van der Waals surface area (Å²) in [5, 5.41) is 4.01. The Morgan fingerprint density at radius 1 is 1.21 bits per heavy atom. The van der Waals surface area contributed by atoms with Gasteiger partial charge in [0.15, 0.2) is 0 Å². The van der Waals surface area contributed by atoms with E-state index in [1.807, 2.05) is 41.0 Å². The first kappa shape index (κ1) is 15.9. The Morgan fingerprint density at radius 2 is 2.00 bits per heavy atom. The number of aryl methyl sites for hydroxylation is 2. The molecule has 0 saturated carbocycles. The zero-order chi connectivity index (χ0) is 16.8. The van der Waals surface area contributed by atoms with Gasteiger partial charge in [-0.05, 0) is 29.7 Å². The molecule has 0 spiro atoms. The molecule has 0 saturated heterocycles. The number of rotatable bonds is 6. The number of nitrogens with one attached hydrogen (secondary N) is 1. The summed E-state index contributed by atoms with van der Waals surface area (Å²) in [4.78, 5) is 16.2. The summed E-state index contributed by atoms with van der Waals surface area (Å²) in [5.74, 6) is -0.116. The molecule has 24 heavy (non-hydrogen) atoms. The van der Waals surface area contributed by atoms with Gasteiger partial charge >= 0.3 is 0 Å². The van der Waals surface area contributed by atoms with Gasteiger partial charge in [-0.15, -0.1) is 0 Å². The molecule has 1 amide bonds. The molecule has 1 aromatic heterocycles. The molecule has 0 aliphatic rings. The molecule has 5 heteroatoms. The number of hydrogen-bond acceptors (Lipinski definition) is 3. The monoisotopic (exact) mass is 320 g/mol. The van der Waals surface area contributed by atoms with Crippen LogP contribution in [0.25, 0.3) is 11.0 Å². The van der Waals surface area contributed by atoms with Crippen LogP contribution in [-0.4, -0.2) is 21.7 Å². The lowest BCUT2D eigenvalue weighted by atomic mass is 10.1. The van der Waals surface area contributed by atoms with Crippen LogP contribution in [0.3, 0.4) is 0 Å². The molecular formula is C19H20N4O.